The van der Waals surface area contributed by atoms with Crippen molar-refractivity contribution in [2.75, 3.05) is 13.6 Å². The van der Waals surface area contributed by atoms with Crippen molar-refractivity contribution in [1.29, 1.82) is 0 Å². The van der Waals surface area contributed by atoms with Gasteiger partial charge >= 0.3 is 0 Å². The molecule has 1 aliphatic rings. The van der Waals surface area contributed by atoms with E-state index < -0.39 is 5.92 Å². The maximum atomic E-state index is 13.3. The summed E-state index contributed by atoms with van der Waals surface area (Å²) in [5.74, 6) is -0.402. The SMILES string of the molecule is CNC(=O)[C@@H](CC(=O)c1nc(-c2ccc(F)cc2)n2c1CNCC2)C(C)(C)C. The van der Waals surface area contributed by atoms with Crippen LogP contribution in [0.15, 0.2) is 24.3 Å². The first-order valence-corrected chi connectivity index (χ1v) is 9.53. The van der Waals surface area contributed by atoms with Gasteiger partial charge in [0.05, 0.1) is 11.6 Å². The molecule has 0 radical (unpaired) electrons. The highest BCUT2D eigenvalue weighted by atomic mass is 19.1. The van der Waals surface area contributed by atoms with Crippen LogP contribution in [0, 0.1) is 17.2 Å². The Balaban J connectivity index is 1.98. The highest BCUT2D eigenvalue weighted by Gasteiger charge is 2.35. The maximum Gasteiger partial charge on any atom is 0.223 e. The fraction of sp³-hybridized carbons (Fsp3) is 0.476. The van der Waals surface area contributed by atoms with E-state index >= 15 is 0 Å². The number of ketones is 1. The molecule has 1 aromatic heterocycles. The molecule has 6 nitrogen and oxygen atoms in total. The Morgan fingerprint density at radius 3 is 2.57 bits per heavy atom. The van der Waals surface area contributed by atoms with Crippen molar-refractivity contribution in [3.8, 4) is 11.4 Å². The zero-order valence-electron chi connectivity index (χ0n) is 16.8. The van der Waals surface area contributed by atoms with Crippen LogP contribution in [-0.4, -0.2) is 34.8 Å². The molecule has 1 aliphatic heterocycles. The number of fused-ring (bicyclic) bond motifs is 1. The quantitative estimate of drug-likeness (QED) is 0.775. The number of aromatic nitrogens is 2. The molecule has 1 atom stereocenters. The van der Waals surface area contributed by atoms with Gasteiger partial charge in [-0.1, -0.05) is 20.8 Å². The van der Waals surface area contributed by atoms with E-state index in [0.29, 0.717) is 24.6 Å². The van der Waals surface area contributed by atoms with Gasteiger partial charge in [-0.05, 0) is 29.7 Å². The number of Topliss-reactive ketones (excluding diaryl/α,β-unsaturated/α-hetero) is 1. The second kappa shape index (κ2) is 7.83. The molecule has 7 heteroatoms. The molecular formula is C21H27FN4O2. The van der Waals surface area contributed by atoms with Gasteiger partial charge in [0.25, 0.3) is 0 Å². The van der Waals surface area contributed by atoms with Gasteiger partial charge in [0.1, 0.15) is 17.3 Å². The van der Waals surface area contributed by atoms with Crippen molar-refractivity contribution in [3.05, 3.63) is 41.5 Å². The van der Waals surface area contributed by atoms with Crippen molar-refractivity contribution < 1.29 is 14.0 Å². The van der Waals surface area contributed by atoms with E-state index in [1.807, 2.05) is 25.3 Å². The third kappa shape index (κ3) is 3.99. The lowest BCUT2D eigenvalue weighted by molar-refractivity contribution is -0.127. The number of benzene rings is 1. The number of amides is 1. The van der Waals surface area contributed by atoms with Crippen LogP contribution in [0.25, 0.3) is 11.4 Å². The van der Waals surface area contributed by atoms with Crippen LogP contribution < -0.4 is 10.6 Å². The summed E-state index contributed by atoms with van der Waals surface area (Å²) < 4.78 is 15.3. The number of hydrogen-bond acceptors (Lipinski definition) is 4. The minimum Gasteiger partial charge on any atom is -0.359 e. The number of nitrogens with one attached hydrogen (secondary N) is 2. The molecule has 0 saturated heterocycles. The zero-order valence-corrected chi connectivity index (χ0v) is 16.8. The molecule has 1 amide bonds. The predicted molar refractivity (Wildman–Crippen MR) is 105 cm³/mol. The lowest BCUT2D eigenvalue weighted by atomic mass is 9.77. The highest BCUT2D eigenvalue weighted by molar-refractivity contribution is 5.98. The summed E-state index contributed by atoms with van der Waals surface area (Å²) in [5.41, 5.74) is 1.63. The Labute approximate surface area is 164 Å². The lowest BCUT2D eigenvalue weighted by Gasteiger charge is -2.28. The summed E-state index contributed by atoms with van der Waals surface area (Å²) in [4.78, 5) is 30.1. The van der Waals surface area contributed by atoms with Crippen LogP contribution in [-0.2, 0) is 17.9 Å². The number of rotatable bonds is 5. The fourth-order valence-electron chi connectivity index (χ4n) is 3.60. The predicted octanol–water partition coefficient (Wildman–Crippen LogP) is 2.77. The van der Waals surface area contributed by atoms with Gasteiger partial charge in [-0.15, -0.1) is 0 Å². The van der Waals surface area contributed by atoms with Crippen LogP contribution in [0.2, 0.25) is 0 Å². The van der Waals surface area contributed by atoms with Crippen molar-refractivity contribution in [2.24, 2.45) is 11.3 Å². The first-order chi connectivity index (χ1) is 13.2. The molecule has 2 aromatic rings. The Kier molecular flexibility index (Phi) is 5.65. The van der Waals surface area contributed by atoms with Crippen LogP contribution >= 0.6 is 0 Å². The molecule has 2 N–H and O–H groups in total. The summed E-state index contributed by atoms with van der Waals surface area (Å²) in [7, 11) is 1.58. The van der Waals surface area contributed by atoms with Gasteiger partial charge in [0, 0.05) is 38.7 Å². The molecule has 0 fully saturated rings. The first-order valence-electron chi connectivity index (χ1n) is 9.53. The Bertz CT molecular complexity index is 881. The maximum absolute atomic E-state index is 13.3. The lowest BCUT2D eigenvalue weighted by Crippen LogP contribution is -2.38. The minimum absolute atomic E-state index is 0.0933. The van der Waals surface area contributed by atoms with Crippen LogP contribution in [0.3, 0.4) is 0 Å². The zero-order chi connectivity index (χ0) is 20.5. The summed E-state index contributed by atoms with van der Waals surface area (Å²) >= 11 is 0. The number of hydrogen-bond donors (Lipinski definition) is 2. The smallest absolute Gasteiger partial charge is 0.223 e. The Morgan fingerprint density at radius 2 is 1.96 bits per heavy atom. The molecule has 0 aliphatic carbocycles. The third-order valence-corrected chi connectivity index (χ3v) is 5.24. The van der Waals surface area contributed by atoms with E-state index in [4.69, 9.17) is 0 Å². The van der Waals surface area contributed by atoms with Gasteiger partial charge < -0.3 is 15.2 Å². The number of carbonyl (C=O) groups excluding carboxylic acids is 2. The van der Waals surface area contributed by atoms with E-state index in [2.05, 4.69) is 15.6 Å². The molecule has 0 spiro atoms. The molecule has 0 unspecified atom stereocenters. The van der Waals surface area contributed by atoms with E-state index in [9.17, 15) is 14.0 Å². The standard InChI is InChI=1S/C21H27FN4O2/c1-21(2,3)15(20(28)23-4)11-17(27)18-16-12-24-9-10-26(16)19(25-18)13-5-7-14(22)8-6-13/h5-8,15,24H,9-12H2,1-4H3,(H,23,28)/t15-/m1/s1. The van der Waals surface area contributed by atoms with Crippen molar-refractivity contribution in [3.63, 3.8) is 0 Å². The van der Waals surface area contributed by atoms with Gasteiger partial charge in [-0.2, -0.15) is 0 Å². The summed E-state index contributed by atoms with van der Waals surface area (Å²) in [6, 6.07) is 6.12. The first kappa shape index (κ1) is 20.2. The molecule has 3 rings (SSSR count). The van der Waals surface area contributed by atoms with Gasteiger partial charge in [0.2, 0.25) is 5.91 Å². The van der Waals surface area contributed by atoms with E-state index in [1.165, 1.54) is 12.1 Å². The summed E-state index contributed by atoms with van der Waals surface area (Å²) in [6.07, 6.45) is 0.0933. The van der Waals surface area contributed by atoms with Gasteiger partial charge in [-0.3, -0.25) is 9.59 Å². The largest absolute Gasteiger partial charge is 0.359 e. The summed E-state index contributed by atoms with van der Waals surface area (Å²) in [5, 5.41) is 5.94. The Hall–Kier alpha value is -2.54. The van der Waals surface area contributed by atoms with Gasteiger partial charge in [0.15, 0.2) is 5.78 Å². The third-order valence-electron chi connectivity index (χ3n) is 5.24. The highest BCUT2D eigenvalue weighted by Crippen LogP contribution is 2.32. The van der Waals surface area contributed by atoms with Crippen LogP contribution in [0.1, 0.15) is 43.4 Å². The monoisotopic (exact) mass is 386 g/mol. The van der Waals surface area contributed by atoms with Crippen molar-refractivity contribution >= 4 is 11.7 Å². The Morgan fingerprint density at radius 1 is 1.29 bits per heavy atom. The summed E-state index contributed by atoms with van der Waals surface area (Å²) in [6.45, 7) is 7.85. The average molecular weight is 386 g/mol. The number of imidazole rings is 1. The topological polar surface area (TPSA) is 76.0 Å². The van der Waals surface area contributed by atoms with E-state index in [-0.39, 0.29) is 29.3 Å². The molecule has 0 bridgehead atoms. The molecule has 0 saturated carbocycles. The number of halogens is 1. The van der Waals surface area contributed by atoms with Crippen LogP contribution in [0.5, 0.6) is 0 Å². The van der Waals surface area contributed by atoms with Gasteiger partial charge in [-0.25, -0.2) is 9.37 Å². The minimum atomic E-state index is -0.451. The second-order valence-corrected chi connectivity index (χ2v) is 8.23. The fourth-order valence-corrected chi connectivity index (χ4v) is 3.60. The average Bonchev–Trinajstić information content (AvgIpc) is 3.05. The molecule has 2 heterocycles. The van der Waals surface area contributed by atoms with Crippen LogP contribution in [0.4, 0.5) is 4.39 Å². The number of nitrogens with zero attached hydrogens (tertiary/aromatic N) is 2. The molecule has 28 heavy (non-hydrogen) atoms. The van der Waals surface area contributed by atoms with Crippen molar-refractivity contribution in [2.45, 2.75) is 40.3 Å². The number of carbonyl (C=O) groups is 2. The van der Waals surface area contributed by atoms with Crippen molar-refractivity contribution in [1.82, 2.24) is 20.2 Å². The normalized spacial score (nSPS) is 15.0. The molecule has 1 aromatic carbocycles. The molecule has 150 valence electrons. The molecular weight excluding hydrogens is 359 g/mol. The van der Waals surface area contributed by atoms with E-state index in [1.54, 1.807) is 19.2 Å². The van der Waals surface area contributed by atoms with E-state index in [0.717, 1.165) is 17.8 Å². The second-order valence-electron chi connectivity index (χ2n) is 8.23.